The summed E-state index contributed by atoms with van der Waals surface area (Å²) >= 11 is 0. The predicted octanol–water partition coefficient (Wildman–Crippen LogP) is 2.34. The van der Waals surface area contributed by atoms with E-state index in [0.717, 1.165) is 36.6 Å². The molecule has 0 fully saturated rings. The van der Waals surface area contributed by atoms with Crippen molar-refractivity contribution < 1.29 is 14.6 Å². The second kappa shape index (κ2) is 8.77. The smallest absolute Gasteiger partial charge is 0.127 e. The molecule has 0 heterocycles. The molecule has 0 aliphatic heterocycles. The van der Waals surface area contributed by atoms with Crippen LogP contribution in [0.15, 0.2) is 18.2 Å². The normalized spacial score (nSPS) is 12.2. The standard InChI is InChI=1S/C15H25NO3/c1-4-8-18-14-7-6-13(10-16-5-2)15(9-14)19-11-12(3)17/h6-7,9,12,16-17H,4-5,8,10-11H2,1-3H3. The fraction of sp³-hybridized carbons (Fsp3) is 0.600. The van der Waals surface area contributed by atoms with E-state index in [1.165, 1.54) is 0 Å². The van der Waals surface area contributed by atoms with Crippen LogP contribution in [0.2, 0.25) is 0 Å². The third kappa shape index (κ3) is 5.94. The van der Waals surface area contributed by atoms with E-state index in [9.17, 15) is 5.11 Å². The molecule has 1 atom stereocenters. The van der Waals surface area contributed by atoms with Gasteiger partial charge in [-0.2, -0.15) is 0 Å². The van der Waals surface area contributed by atoms with E-state index in [0.29, 0.717) is 6.61 Å². The summed E-state index contributed by atoms with van der Waals surface area (Å²) in [5.74, 6) is 1.58. The van der Waals surface area contributed by atoms with Crippen molar-refractivity contribution in [2.24, 2.45) is 0 Å². The first kappa shape index (κ1) is 15.8. The van der Waals surface area contributed by atoms with Gasteiger partial charge in [-0.25, -0.2) is 0 Å². The number of ether oxygens (including phenoxy) is 2. The highest BCUT2D eigenvalue weighted by molar-refractivity contribution is 5.40. The molecular formula is C15H25NO3. The van der Waals surface area contributed by atoms with Crippen LogP contribution in [0.1, 0.15) is 32.8 Å². The summed E-state index contributed by atoms with van der Waals surface area (Å²) in [4.78, 5) is 0. The lowest BCUT2D eigenvalue weighted by molar-refractivity contribution is 0.122. The molecule has 0 aliphatic rings. The number of nitrogens with one attached hydrogen (secondary N) is 1. The Hall–Kier alpha value is -1.26. The number of hydrogen-bond acceptors (Lipinski definition) is 4. The fourth-order valence-corrected chi connectivity index (χ4v) is 1.60. The van der Waals surface area contributed by atoms with Crippen molar-refractivity contribution in [3.05, 3.63) is 23.8 Å². The summed E-state index contributed by atoms with van der Waals surface area (Å²) in [6.45, 7) is 8.49. The van der Waals surface area contributed by atoms with Crippen LogP contribution in [-0.2, 0) is 6.54 Å². The van der Waals surface area contributed by atoms with Gasteiger partial charge in [-0.05, 0) is 26.0 Å². The lowest BCUT2D eigenvalue weighted by Gasteiger charge is -2.15. The molecule has 19 heavy (non-hydrogen) atoms. The number of rotatable bonds is 9. The van der Waals surface area contributed by atoms with Crippen molar-refractivity contribution in [3.63, 3.8) is 0 Å². The van der Waals surface area contributed by atoms with Gasteiger partial charge in [0.2, 0.25) is 0 Å². The molecule has 0 radical (unpaired) electrons. The Morgan fingerprint density at radius 3 is 2.68 bits per heavy atom. The van der Waals surface area contributed by atoms with Crippen LogP contribution in [0.3, 0.4) is 0 Å². The average molecular weight is 267 g/mol. The first-order valence-corrected chi connectivity index (χ1v) is 6.94. The van der Waals surface area contributed by atoms with Gasteiger partial charge in [-0.15, -0.1) is 0 Å². The fourth-order valence-electron chi connectivity index (χ4n) is 1.60. The van der Waals surface area contributed by atoms with Gasteiger partial charge < -0.3 is 19.9 Å². The van der Waals surface area contributed by atoms with Crippen LogP contribution in [0.5, 0.6) is 11.5 Å². The van der Waals surface area contributed by atoms with Gasteiger partial charge in [-0.1, -0.05) is 19.9 Å². The molecule has 4 nitrogen and oxygen atoms in total. The van der Waals surface area contributed by atoms with E-state index in [-0.39, 0.29) is 6.61 Å². The SMILES string of the molecule is CCCOc1ccc(CNCC)c(OCC(C)O)c1. The number of benzene rings is 1. The Kier molecular flexibility index (Phi) is 7.30. The lowest BCUT2D eigenvalue weighted by atomic mass is 10.2. The molecule has 1 unspecified atom stereocenters. The van der Waals surface area contributed by atoms with E-state index in [1.54, 1.807) is 6.92 Å². The van der Waals surface area contributed by atoms with E-state index >= 15 is 0 Å². The molecule has 1 aromatic carbocycles. The van der Waals surface area contributed by atoms with Crippen molar-refractivity contribution in [2.75, 3.05) is 19.8 Å². The van der Waals surface area contributed by atoms with Crippen molar-refractivity contribution in [2.45, 2.75) is 39.8 Å². The quantitative estimate of drug-likeness (QED) is 0.721. The van der Waals surface area contributed by atoms with E-state index in [4.69, 9.17) is 9.47 Å². The molecule has 0 aromatic heterocycles. The van der Waals surface area contributed by atoms with Gasteiger partial charge >= 0.3 is 0 Å². The van der Waals surface area contributed by atoms with Gasteiger partial charge in [-0.3, -0.25) is 0 Å². The Labute approximate surface area is 115 Å². The zero-order valence-electron chi connectivity index (χ0n) is 12.1. The minimum atomic E-state index is -0.479. The van der Waals surface area contributed by atoms with Crippen LogP contribution in [0, 0.1) is 0 Å². The van der Waals surface area contributed by atoms with Gasteiger partial charge in [0.25, 0.3) is 0 Å². The molecule has 4 heteroatoms. The maximum absolute atomic E-state index is 9.32. The van der Waals surface area contributed by atoms with Crippen LogP contribution in [-0.4, -0.2) is 31.0 Å². The Balaban J connectivity index is 2.77. The molecule has 0 spiro atoms. The Bertz CT molecular complexity index is 366. The van der Waals surface area contributed by atoms with Crippen molar-refractivity contribution in [1.29, 1.82) is 0 Å². The summed E-state index contributed by atoms with van der Waals surface area (Å²) in [6.07, 6.45) is 0.496. The first-order valence-electron chi connectivity index (χ1n) is 6.94. The molecule has 0 saturated carbocycles. The van der Waals surface area contributed by atoms with Crippen LogP contribution in [0.4, 0.5) is 0 Å². The van der Waals surface area contributed by atoms with Gasteiger partial charge in [0, 0.05) is 18.2 Å². The summed E-state index contributed by atoms with van der Waals surface area (Å²) in [5, 5.41) is 12.6. The summed E-state index contributed by atoms with van der Waals surface area (Å²) < 4.78 is 11.2. The molecule has 0 amide bonds. The maximum Gasteiger partial charge on any atom is 0.127 e. The second-order valence-electron chi connectivity index (χ2n) is 4.56. The molecular weight excluding hydrogens is 242 g/mol. The van der Waals surface area contributed by atoms with Gasteiger partial charge in [0.15, 0.2) is 0 Å². The third-order valence-corrected chi connectivity index (χ3v) is 2.56. The Morgan fingerprint density at radius 2 is 2.05 bits per heavy atom. The molecule has 1 rings (SSSR count). The Morgan fingerprint density at radius 1 is 1.26 bits per heavy atom. The van der Waals surface area contributed by atoms with Crippen LogP contribution < -0.4 is 14.8 Å². The monoisotopic (exact) mass is 267 g/mol. The highest BCUT2D eigenvalue weighted by Crippen LogP contribution is 2.25. The highest BCUT2D eigenvalue weighted by Gasteiger charge is 2.07. The minimum absolute atomic E-state index is 0.288. The lowest BCUT2D eigenvalue weighted by Crippen LogP contribution is -2.16. The summed E-state index contributed by atoms with van der Waals surface area (Å²) in [6, 6.07) is 5.85. The van der Waals surface area contributed by atoms with Crippen LogP contribution in [0.25, 0.3) is 0 Å². The van der Waals surface area contributed by atoms with Crippen molar-refractivity contribution >= 4 is 0 Å². The molecule has 0 bridgehead atoms. The topological polar surface area (TPSA) is 50.7 Å². The number of hydrogen-bond donors (Lipinski definition) is 2. The summed E-state index contributed by atoms with van der Waals surface area (Å²) in [5.41, 5.74) is 1.08. The minimum Gasteiger partial charge on any atom is -0.493 e. The van der Waals surface area contributed by atoms with Crippen molar-refractivity contribution in [3.8, 4) is 11.5 Å². The molecule has 0 aliphatic carbocycles. The molecule has 0 saturated heterocycles. The van der Waals surface area contributed by atoms with Gasteiger partial charge in [0.1, 0.15) is 18.1 Å². The summed E-state index contributed by atoms with van der Waals surface area (Å²) in [7, 11) is 0. The molecule has 108 valence electrons. The third-order valence-electron chi connectivity index (χ3n) is 2.56. The van der Waals surface area contributed by atoms with E-state index < -0.39 is 6.10 Å². The largest absolute Gasteiger partial charge is 0.493 e. The van der Waals surface area contributed by atoms with Crippen LogP contribution >= 0.6 is 0 Å². The maximum atomic E-state index is 9.32. The zero-order valence-corrected chi connectivity index (χ0v) is 12.1. The predicted molar refractivity (Wildman–Crippen MR) is 76.8 cm³/mol. The second-order valence-corrected chi connectivity index (χ2v) is 4.56. The zero-order chi connectivity index (χ0) is 14.1. The van der Waals surface area contributed by atoms with Gasteiger partial charge in [0.05, 0.1) is 12.7 Å². The van der Waals surface area contributed by atoms with Crippen molar-refractivity contribution in [1.82, 2.24) is 5.32 Å². The highest BCUT2D eigenvalue weighted by atomic mass is 16.5. The van der Waals surface area contributed by atoms with E-state index in [1.807, 2.05) is 18.2 Å². The average Bonchev–Trinajstić information content (AvgIpc) is 2.41. The first-order chi connectivity index (χ1) is 9.17. The molecule has 1 aromatic rings. The number of aliphatic hydroxyl groups excluding tert-OH is 1. The number of aliphatic hydroxyl groups is 1. The van der Waals surface area contributed by atoms with E-state index in [2.05, 4.69) is 19.2 Å². The molecule has 2 N–H and O–H groups in total.